The molecular weight excluding hydrogens is 254 g/mol. The van der Waals surface area contributed by atoms with Gasteiger partial charge in [0.15, 0.2) is 0 Å². The van der Waals surface area contributed by atoms with E-state index in [1.165, 1.54) is 6.08 Å². The molecule has 0 fully saturated rings. The average Bonchev–Trinajstić information content (AvgIpc) is 2.37. The van der Waals surface area contributed by atoms with Crippen LogP contribution in [0.25, 0.3) is 6.08 Å². The van der Waals surface area contributed by atoms with E-state index in [9.17, 15) is 9.59 Å². The molecule has 0 aliphatic rings. The Balaban J connectivity index is 2.78. The standard InChI is InChI=1S/C16H21NO3/c1-11(2)8-9-17-16(20)14-5-4-12(3)13(10-14)6-7-15(18)19/h4-7,10-11H,8-9H2,1-3H3,(H,17,20)(H,18,19)/b7-6+. The molecule has 0 heterocycles. The summed E-state index contributed by atoms with van der Waals surface area (Å²) < 4.78 is 0. The lowest BCUT2D eigenvalue weighted by atomic mass is 10.0. The molecule has 0 unspecified atom stereocenters. The predicted octanol–water partition coefficient (Wildman–Crippen LogP) is 2.87. The Morgan fingerprint density at radius 1 is 1.35 bits per heavy atom. The molecule has 0 radical (unpaired) electrons. The van der Waals surface area contributed by atoms with Crippen molar-refractivity contribution in [3.8, 4) is 0 Å². The van der Waals surface area contributed by atoms with Crippen LogP contribution in [-0.2, 0) is 4.79 Å². The van der Waals surface area contributed by atoms with Crippen LogP contribution in [0.5, 0.6) is 0 Å². The SMILES string of the molecule is Cc1ccc(C(=O)NCCC(C)C)cc1/C=C/C(=O)O. The number of nitrogens with one attached hydrogen (secondary N) is 1. The Morgan fingerprint density at radius 2 is 2.05 bits per heavy atom. The largest absolute Gasteiger partial charge is 0.478 e. The lowest BCUT2D eigenvalue weighted by molar-refractivity contribution is -0.131. The van der Waals surface area contributed by atoms with Crippen LogP contribution in [0.3, 0.4) is 0 Å². The van der Waals surface area contributed by atoms with Gasteiger partial charge in [0.1, 0.15) is 0 Å². The van der Waals surface area contributed by atoms with E-state index in [2.05, 4.69) is 19.2 Å². The van der Waals surface area contributed by atoms with Gasteiger partial charge in [-0.1, -0.05) is 19.9 Å². The molecule has 0 saturated heterocycles. The first-order chi connectivity index (χ1) is 9.40. The summed E-state index contributed by atoms with van der Waals surface area (Å²) in [5.41, 5.74) is 2.22. The minimum atomic E-state index is -1.00. The molecule has 20 heavy (non-hydrogen) atoms. The lowest BCUT2D eigenvalue weighted by Crippen LogP contribution is -2.25. The highest BCUT2D eigenvalue weighted by molar-refractivity contribution is 5.95. The highest BCUT2D eigenvalue weighted by Gasteiger charge is 2.07. The van der Waals surface area contributed by atoms with Crippen LogP contribution in [-0.4, -0.2) is 23.5 Å². The van der Waals surface area contributed by atoms with Crippen LogP contribution in [0.2, 0.25) is 0 Å². The fraction of sp³-hybridized carbons (Fsp3) is 0.375. The molecule has 4 heteroatoms. The smallest absolute Gasteiger partial charge is 0.328 e. The molecule has 0 aliphatic carbocycles. The Bertz CT molecular complexity index is 518. The maximum absolute atomic E-state index is 12.0. The van der Waals surface area contributed by atoms with Gasteiger partial charge in [-0.05, 0) is 48.6 Å². The number of benzene rings is 1. The molecule has 0 aliphatic heterocycles. The van der Waals surface area contributed by atoms with Gasteiger partial charge in [0.2, 0.25) is 0 Å². The van der Waals surface area contributed by atoms with Crippen LogP contribution < -0.4 is 5.32 Å². The van der Waals surface area contributed by atoms with Crippen LogP contribution >= 0.6 is 0 Å². The summed E-state index contributed by atoms with van der Waals surface area (Å²) in [6.07, 6.45) is 3.51. The number of carboxylic acids is 1. The van der Waals surface area contributed by atoms with Gasteiger partial charge in [0.05, 0.1) is 0 Å². The molecule has 4 nitrogen and oxygen atoms in total. The van der Waals surface area contributed by atoms with Crippen LogP contribution in [0.15, 0.2) is 24.3 Å². The molecule has 0 bridgehead atoms. The van der Waals surface area contributed by atoms with Crippen molar-refractivity contribution in [1.82, 2.24) is 5.32 Å². The van der Waals surface area contributed by atoms with Crippen molar-refractivity contribution >= 4 is 18.0 Å². The number of hydrogen-bond donors (Lipinski definition) is 2. The van der Waals surface area contributed by atoms with Gasteiger partial charge in [-0.3, -0.25) is 4.79 Å². The first-order valence-electron chi connectivity index (χ1n) is 6.70. The van der Waals surface area contributed by atoms with Crippen molar-refractivity contribution in [1.29, 1.82) is 0 Å². The minimum Gasteiger partial charge on any atom is -0.478 e. The second-order valence-corrected chi connectivity index (χ2v) is 5.18. The van der Waals surface area contributed by atoms with Crippen LogP contribution in [0, 0.1) is 12.8 Å². The van der Waals surface area contributed by atoms with Gasteiger partial charge in [-0.25, -0.2) is 4.79 Å². The molecule has 0 spiro atoms. The maximum atomic E-state index is 12.0. The number of carbonyl (C=O) groups is 2. The quantitative estimate of drug-likeness (QED) is 0.784. The molecule has 0 atom stereocenters. The van der Waals surface area contributed by atoms with E-state index in [1.807, 2.05) is 13.0 Å². The monoisotopic (exact) mass is 275 g/mol. The third kappa shape index (κ3) is 5.26. The van der Waals surface area contributed by atoms with E-state index in [-0.39, 0.29) is 5.91 Å². The highest BCUT2D eigenvalue weighted by Crippen LogP contribution is 2.13. The predicted molar refractivity (Wildman–Crippen MR) is 79.6 cm³/mol. The summed E-state index contributed by atoms with van der Waals surface area (Å²) in [4.78, 5) is 22.5. The van der Waals surface area contributed by atoms with E-state index in [1.54, 1.807) is 12.1 Å². The number of aryl methyl sites for hydroxylation is 1. The Labute approximate surface area is 119 Å². The lowest BCUT2D eigenvalue weighted by Gasteiger charge is -2.08. The molecule has 108 valence electrons. The topological polar surface area (TPSA) is 66.4 Å². The van der Waals surface area contributed by atoms with Crippen LogP contribution in [0.1, 0.15) is 41.8 Å². The zero-order chi connectivity index (χ0) is 15.1. The molecule has 0 aromatic heterocycles. The third-order valence-electron chi connectivity index (χ3n) is 2.95. The fourth-order valence-electron chi connectivity index (χ4n) is 1.70. The first kappa shape index (κ1) is 16.0. The van der Waals surface area contributed by atoms with Gasteiger partial charge in [-0.15, -0.1) is 0 Å². The third-order valence-corrected chi connectivity index (χ3v) is 2.95. The van der Waals surface area contributed by atoms with Gasteiger partial charge < -0.3 is 10.4 Å². The second-order valence-electron chi connectivity index (χ2n) is 5.18. The number of carboxylic acid groups (broad SMARTS) is 1. The summed E-state index contributed by atoms with van der Waals surface area (Å²) in [6.45, 7) is 6.73. The Morgan fingerprint density at radius 3 is 2.65 bits per heavy atom. The number of amides is 1. The summed E-state index contributed by atoms with van der Waals surface area (Å²) in [6, 6.07) is 5.27. The molecule has 1 aromatic carbocycles. The summed E-state index contributed by atoms with van der Waals surface area (Å²) in [5, 5.41) is 11.5. The van der Waals surface area contributed by atoms with E-state index in [0.717, 1.165) is 23.6 Å². The molecular formula is C16H21NO3. The number of carbonyl (C=O) groups excluding carboxylic acids is 1. The van der Waals surface area contributed by atoms with Gasteiger partial charge in [0.25, 0.3) is 5.91 Å². The van der Waals surface area contributed by atoms with Gasteiger partial charge >= 0.3 is 5.97 Å². The van der Waals surface area contributed by atoms with Crippen molar-refractivity contribution in [2.75, 3.05) is 6.54 Å². The normalized spacial score (nSPS) is 11.0. The number of aliphatic carboxylic acids is 1. The summed E-state index contributed by atoms with van der Waals surface area (Å²) in [7, 11) is 0. The van der Waals surface area contributed by atoms with Crippen molar-refractivity contribution in [3.05, 3.63) is 41.0 Å². The Kier molecular flexibility index (Phi) is 5.97. The summed E-state index contributed by atoms with van der Waals surface area (Å²) in [5.74, 6) is -0.589. The number of hydrogen-bond acceptors (Lipinski definition) is 2. The van der Waals surface area contributed by atoms with E-state index < -0.39 is 5.97 Å². The highest BCUT2D eigenvalue weighted by atomic mass is 16.4. The average molecular weight is 275 g/mol. The maximum Gasteiger partial charge on any atom is 0.328 e. The molecule has 1 rings (SSSR count). The fourth-order valence-corrected chi connectivity index (χ4v) is 1.70. The van der Waals surface area contributed by atoms with Gasteiger partial charge in [0, 0.05) is 18.2 Å². The molecule has 1 aromatic rings. The summed E-state index contributed by atoms with van der Waals surface area (Å²) >= 11 is 0. The van der Waals surface area contributed by atoms with E-state index >= 15 is 0 Å². The Hall–Kier alpha value is -2.10. The van der Waals surface area contributed by atoms with Crippen molar-refractivity contribution in [3.63, 3.8) is 0 Å². The van der Waals surface area contributed by atoms with E-state index in [4.69, 9.17) is 5.11 Å². The molecule has 1 amide bonds. The zero-order valence-electron chi connectivity index (χ0n) is 12.1. The first-order valence-corrected chi connectivity index (χ1v) is 6.70. The van der Waals surface area contributed by atoms with Crippen molar-refractivity contribution in [2.45, 2.75) is 27.2 Å². The van der Waals surface area contributed by atoms with Gasteiger partial charge in [-0.2, -0.15) is 0 Å². The van der Waals surface area contributed by atoms with Crippen molar-refractivity contribution < 1.29 is 14.7 Å². The zero-order valence-corrected chi connectivity index (χ0v) is 12.1. The minimum absolute atomic E-state index is 0.129. The second kappa shape index (κ2) is 7.48. The number of rotatable bonds is 6. The molecule has 2 N–H and O–H groups in total. The molecule has 0 saturated carbocycles. The van der Waals surface area contributed by atoms with E-state index in [0.29, 0.717) is 18.0 Å². The van der Waals surface area contributed by atoms with Crippen molar-refractivity contribution in [2.24, 2.45) is 5.92 Å². The van der Waals surface area contributed by atoms with Crippen LogP contribution in [0.4, 0.5) is 0 Å².